The summed E-state index contributed by atoms with van der Waals surface area (Å²) in [5, 5.41) is 0. The molecule has 0 aromatic heterocycles. The molecule has 4 N–H and O–H groups in total. The lowest BCUT2D eigenvalue weighted by Gasteiger charge is -2.27. The van der Waals surface area contributed by atoms with Gasteiger partial charge in [0.1, 0.15) is 18.1 Å². The molecule has 7 heteroatoms. The van der Waals surface area contributed by atoms with E-state index in [9.17, 15) is 4.79 Å². The largest absolute Gasteiger partial charge is 0.497 e. The average molecular weight is 473 g/mol. The van der Waals surface area contributed by atoms with Crippen LogP contribution in [0.4, 0.5) is 0 Å². The number of nitrogens with two attached hydrogens (primary N) is 2. The molecule has 0 radical (unpaired) electrons. The molecule has 0 spiro atoms. The van der Waals surface area contributed by atoms with Crippen molar-refractivity contribution >= 4 is 11.9 Å². The zero-order chi connectivity index (χ0) is 25.2. The van der Waals surface area contributed by atoms with Crippen LogP contribution in [0.25, 0.3) is 11.1 Å². The fraction of sp³-hybridized carbons (Fsp3) is 0.286. The summed E-state index contributed by atoms with van der Waals surface area (Å²) in [4.78, 5) is 19.4. The normalized spacial score (nSPS) is 18.4. The molecule has 1 aliphatic heterocycles. The first-order chi connectivity index (χ1) is 16.8. The Hall–Kier alpha value is -3.84. The Bertz CT molecular complexity index is 1250. The number of nitrogens with zero attached hydrogens (tertiary/aromatic N) is 2. The zero-order valence-corrected chi connectivity index (χ0v) is 20.6. The number of likely N-dealkylation sites (N-methyl/N-ethyl adjacent to an activating group) is 1. The van der Waals surface area contributed by atoms with E-state index in [2.05, 4.69) is 11.1 Å². The van der Waals surface area contributed by atoms with Crippen LogP contribution >= 0.6 is 0 Å². The Labute approximate surface area is 206 Å². The summed E-state index contributed by atoms with van der Waals surface area (Å²) in [5.74, 6) is 1.40. The Kier molecular flexibility index (Phi) is 6.80. The van der Waals surface area contributed by atoms with E-state index in [0.29, 0.717) is 24.3 Å². The molecule has 1 heterocycles. The topological polar surface area (TPSA) is 103 Å². The molecule has 0 bridgehead atoms. The quantitative estimate of drug-likeness (QED) is 0.507. The highest BCUT2D eigenvalue weighted by atomic mass is 16.5. The van der Waals surface area contributed by atoms with Crippen molar-refractivity contribution in [2.45, 2.75) is 38.5 Å². The molecule has 35 heavy (non-hydrogen) atoms. The van der Waals surface area contributed by atoms with E-state index in [1.165, 1.54) is 4.90 Å². The monoisotopic (exact) mass is 472 g/mol. The van der Waals surface area contributed by atoms with Crippen LogP contribution in [0.2, 0.25) is 0 Å². The summed E-state index contributed by atoms with van der Waals surface area (Å²) in [6.45, 7) is 4.22. The third-order valence-corrected chi connectivity index (χ3v) is 6.54. The van der Waals surface area contributed by atoms with Gasteiger partial charge in [0.25, 0.3) is 5.91 Å². The summed E-state index contributed by atoms with van der Waals surface area (Å²) in [7, 11) is 3.28. The smallest absolute Gasteiger partial charge is 0.261 e. The van der Waals surface area contributed by atoms with Crippen LogP contribution in [-0.4, -0.2) is 30.9 Å². The zero-order valence-electron chi connectivity index (χ0n) is 20.6. The van der Waals surface area contributed by atoms with Gasteiger partial charge in [0.2, 0.25) is 0 Å². The maximum Gasteiger partial charge on any atom is 0.261 e. The van der Waals surface area contributed by atoms with Gasteiger partial charge < -0.3 is 20.9 Å². The molecule has 0 fully saturated rings. The number of hydrogen-bond acceptors (Lipinski definition) is 6. The minimum Gasteiger partial charge on any atom is -0.497 e. The highest BCUT2D eigenvalue weighted by molar-refractivity contribution is 6.07. The van der Waals surface area contributed by atoms with E-state index in [1.807, 2.05) is 74.5 Å². The number of benzene rings is 3. The molecule has 3 aromatic carbocycles. The maximum atomic E-state index is 13.4. The van der Waals surface area contributed by atoms with Gasteiger partial charge in [-0.15, -0.1) is 0 Å². The number of carbonyl (C=O) groups is 1. The van der Waals surface area contributed by atoms with Crippen LogP contribution in [0.1, 0.15) is 43.0 Å². The first-order valence-electron chi connectivity index (χ1n) is 11.7. The van der Waals surface area contributed by atoms with Crippen molar-refractivity contribution in [3.8, 4) is 22.6 Å². The molecule has 2 atom stereocenters. The molecule has 182 valence electrons. The maximum absolute atomic E-state index is 13.4. The number of rotatable bonds is 8. The lowest BCUT2D eigenvalue weighted by Crippen LogP contribution is -2.40. The Morgan fingerprint density at radius 1 is 1.06 bits per heavy atom. The second kappa shape index (κ2) is 9.80. The Morgan fingerprint density at radius 2 is 1.77 bits per heavy atom. The summed E-state index contributed by atoms with van der Waals surface area (Å²) in [5.41, 5.74) is 15.7. The summed E-state index contributed by atoms with van der Waals surface area (Å²) >= 11 is 0. The molecular weight excluding hydrogens is 440 g/mol. The summed E-state index contributed by atoms with van der Waals surface area (Å²) in [6.07, 6.45) is 0.444. The Balaban J connectivity index is 1.78. The van der Waals surface area contributed by atoms with Crippen molar-refractivity contribution in [3.63, 3.8) is 0 Å². The number of amides is 1. The second-order valence-electron chi connectivity index (χ2n) is 8.81. The van der Waals surface area contributed by atoms with Gasteiger partial charge in [-0.25, -0.2) is 4.99 Å². The number of aliphatic imine (C=N–C) groups is 1. The standard InChI is InChI=1S/C28H32N4O3/c1-5-28(26(33)32(3)27(30)31-28)24-16-22(21-8-6-7-20(15-21)18(2)29)11-14-25(24)35-17-19-9-12-23(34-4)13-10-19/h6-16,18H,5,17,29H2,1-4H3,(H2,30,31)/t18?,28-/m1/s1. The van der Waals surface area contributed by atoms with Gasteiger partial charge >= 0.3 is 0 Å². The molecular formula is C28H32N4O3. The SMILES string of the molecule is CC[C@]1(c2cc(-c3cccc(C(C)N)c3)ccc2OCc2ccc(OC)cc2)N=C(N)N(C)C1=O. The van der Waals surface area contributed by atoms with E-state index in [4.69, 9.17) is 20.9 Å². The highest BCUT2D eigenvalue weighted by Crippen LogP contribution is 2.42. The molecule has 4 rings (SSSR count). The second-order valence-corrected chi connectivity index (χ2v) is 8.81. The molecule has 1 aliphatic rings. The lowest BCUT2D eigenvalue weighted by molar-refractivity contribution is -0.130. The van der Waals surface area contributed by atoms with Crippen LogP contribution < -0.4 is 20.9 Å². The van der Waals surface area contributed by atoms with Crippen LogP contribution in [-0.2, 0) is 16.9 Å². The highest BCUT2D eigenvalue weighted by Gasteiger charge is 2.48. The lowest BCUT2D eigenvalue weighted by atomic mass is 9.84. The van der Waals surface area contributed by atoms with E-state index >= 15 is 0 Å². The average Bonchev–Trinajstić information content (AvgIpc) is 3.11. The first-order valence-corrected chi connectivity index (χ1v) is 11.7. The number of hydrogen-bond donors (Lipinski definition) is 2. The van der Waals surface area contributed by atoms with E-state index in [-0.39, 0.29) is 17.9 Å². The molecule has 1 unspecified atom stereocenters. The van der Waals surface area contributed by atoms with E-state index in [0.717, 1.165) is 28.0 Å². The predicted molar refractivity (Wildman–Crippen MR) is 138 cm³/mol. The first kappa shape index (κ1) is 24.3. The van der Waals surface area contributed by atoms with Gasteiger partial charge in [0.15, 0.2) is 11.5 Å². The third-order valence-electron chi connectivity index (χ3n) is 6.54. The van der Waals surface area contributed by atoms with Gasteiger partial charge in [-0.05, 0) is 65.9 Å². The van der Waals surface area contributed by atoms with E-state index in [1.54, 1.807) is 14.2 Å². The number of guanidine groups is 1. The van der Waals surface area contributed by atoms with Crippen molar-refractivity contribution in [2.75, 3.05) is 14.2 Å². The van der Waals surface area contributed by atoms with Gasteiger partial charge in [-0.1, -0.05) is 43.3 Å². The summed E-state index contributed by atoms with van der Waals surface area (Å²) < 4.78 is 11.5. The van der Waals surface area contributed by atoms with Crippen LogP contribution in [0.5, 0.6) is 11.5 Å². The van der Waals surface area contributed by atoms with Crippen molar-refractivity contribution < 1.29 is 14.3 Å². The molecule has 0 saturated carbocycles. The molecule has 0 aliphatic carbocycles. The van der Waals surface area contributed by atoms with Crippen molar-refractivity contribution in [1.29, 1.82) is 0 Å². The third kappa shape index (κ3) is 4.59. The fourth-order valence-electron chi connectivity index (χ4n) is 4.34. The van der Waals surface area contributed by atoms with Gasteiger partial charge in [-0.3, -0.25) is 9.69 Å². The summed E-state index contributed by atoms with van der Waals surface area (Å²) in [6, 6.07) is 21.6. The van der Waals surface area contributed by atoms with Gasteiger partial charge in [-0.2, -0.15) is 0 Å². The van der Waals surface area contributed by atoms with Crippen molar-refractivity contribution in [2.24, 2.45) is 16.5 Å². The molecule has 0 saturated heterocycles. The van der Waals surface area contributed by atoms with Crippen LogP contribution in [0.3, 0.4) is 0 Å². The number of methoxy groups -OCH3 is 1. The fourth-order valence-corrected chi connectivity index (χ4v) is 4.34. The Morgan fingerprint density at radius 3 is 2.37 bits per heavy atom. The number of carbonyl (C=O) groups excluding carboxylic acids is 1. The molecule has 7 nitrogen and oxygen atoms in total. The molecule has 1 amide bonds. The van der Waals surface area contributed by atoms with Gasteiger partial charge in [0, 0.05) is 18.7 Å². The van der Waals surface area contributed by atoms with Crippen LogP contribution in [0.15, 0.2) is 71.7 Å². The minimum atomic E-state index is -1.15. The molecule has 3 aromatic rings. The van der Waals surface area contributed by atoms with Crippen molar-refractivity contribution in [3.05, 3.63) is 83.4 Å². The van der Waals surface area contributed by atoms with Gasteiger partial charge in [0.05, 0.1) is 7.11 Å². The number of ether oxygens (including phenoxy) is 2. The van der Waals surface area contributed by atoms with Crippen molar-refractivity contribution in [1.82, 2.24) is 4.90 Å². The predicted octanol–water partition coefficient (Wildman–Crippen LogP) is 4.35. The van der Waals surface area contributed by atoms with Crippen LogP contribution in [0, 0.1) is 0 Å². The minimum absolute atomic E-state index is 0.0852. The van der Waals surface area contributed by atoms with E-state index < -0.39 is 5.54 Å².